The number of aryl methyl sites for hydroxylation is 1. The Morgan fingerprint density at radius 1 is 1.35 bits per heavy atom. The molecule has 1 heterocycles. The van der Waals surface area contributed by atoms with Gasteiger partial charge in [0.1, 0.15) is 0 Å². The molecule has 6 nitrogen and oxygen atoms in total. The van der Waals surface area contributed by atoms with Gasteiger partial charge < -0.3 is 9.67 Å². The standard InChI is InChI=1S/C13H17N3O3S/c1-2-16-9-13(14-10-16)20(18,19)15-8-12(17)11-6-4-3-5-7-11/h3-7,9-10,12,15,17H,2,8H2,1H3. The normalized spacial score (nSPS) is 13.3. The Labute approximate surface area is 118 Å². The number of aromatic nitrogens is 2. The summed E-state index contributed by atoms with van der Waals surface area (Å²) in [5, 5.41) is 9.89. The zero-order chi connectivity index (χ0) is 14.6. The van der Waals surface area contributed by atoms with Crippen LogP contribution in [0.15, 0.2) is 47.9 Å². The zero-order valence-electron chi connectivity index (χ0n) is 11.1. The number of aliphatic hydroxyl groups excluding tert-OH is 1. The van der Waals surface area contributed by atoms with Gasteiger partial charge in [-0.25, -0.2) is 18.1 Å². The highest BCUT2D eigenvalue weighted by Gasteiger charge is 2.19. The Balaban J connectivity index is 2.02. The zero-order valence-corrected chi connectivity index (χ0v) is 11.9. The molecule has 108 valence electrons. The number of imidazole rings is 1. The number of rotatable bonds is 6. The molecule has 0 fully saturated rings. The van der Waals surface area contributed by atoms with E-state index < -0.39 is 16.1 Å². The largest absolute Gasteiger partial charge is 0.387 e. The highest BCUT2D eigenvalue weighted by Crippen LogP contribution is 2.12. The molecule has 1 atom stereocenters. The van der Waals surface area contributed by atoms with E-state index in [1.165, 1.54) is 12.5 Å². The Kier molecular flexibility index (Phi) is 4.53. The molecule has 2 N–H and O–H groups in total. The Hall–Kier alpha value is -1.70. The van der Waals surface area contributed by atoms with E-state index >= 15 is 0 Å². The maximum Gasteiger partial charge on any atom is 0.259 e. The van der Waals surface area contributed by atoms with Gasteiger partial charge in [0.15, 0.2) is 5.03 Å². The topological polar surface area (TPSA) is 84.2 Å². The van der Waals surface area contributed by atoms with Gasteiger partial charge in [0.25, 0.3) is 10.0 Å². The summed E-state index contributed by atoms with van der Waals surface area (Å²) < 4.78 is 28.0. The second-order valence-electron chi connectivity index (χ2n) is 4.32. The minimum Gasteiger partial charge on any atom is -0.387 e. The molecule has 0 bridgehead atoms. The summed E-state index contributed by atoms with van der Waals surface area (Å²) in [7, 11) is -3.69. The van der Waals surface area contributed by atoms with Crippen LogP contribution >= 0.6 is 0 Å². The Morgan fingerprint density at radius 2 is 2.05 bits per heavy atom. The van der Waals surface area contributed by atoms with Crippen molar-refractivity contribution in [3.8, 4) is 0 Å². The van der Waals surface area contributed by atoms with E-state index in [2.05, 4.69) is 9.71 Å². The van der Waals surface area contributed by atoms with Crippen LogP contribution in [0, 0.1) is 0 Å². The van der Waals surface area contributed by atoms with Gasteiger partial charge in [0, 0.05) is 19.3 Å². The first-order valence-corrected chi connectivity index (χ1v) is 7.75. The fourth-order valence-electron chi connectivity index (χ4n) is 1.71. The van der Waals surface area contributed by atoms with Gasteiger partial charge in [-0.3, -0.25) is 0 Å². The van der Waals surface area contributed by atoms with Crippen molar-refractivity contribution in [1.29, 1.82) is 0 Å². The minimum absolute atomic E-state index is 0.0420. The van der Waals surface area contributed by atoms with Gasteiger partial charge in [0.2, 0.25) is 0 Å². The van der Waals surface area contributed by atoms with Gasteiger partial charge in [-0.1, -0.05) is 30.3 Å². The smallest absolute Gasteiger partial charge is 0.259 e. The maximum absolute atomic E-state index is 12.0. The number of hydrogen-bond donors (Lipinski definition) is 2. The van der Waals surface area contributed by atoms with Crippen molar-refractivity contribution >= 4 is 10.0 Å². The van der Waals surface area contributed by atoms with Gasteiger partial charge in [-0.15, -0.1) is 0 Å². The summed E-state index contributed by atoms with van der Waals surface area (Å²) in [6.07, 6.45) is 2.03. The molecular weight excluding hydrogens is 278 g/mol. The highest BCUT2D eigenvalue weighted by atomic mass is 32.2. The molecule has 0 aliphatic rings. The quantitative estimate of drug-likeness (QED) is 0.830. The average Bonchev–Trinajstić information content (AvgIpc) is 2.95. The third kappa shape index (κ3) is 3.44. The predicted molar refractivity (Wildman–Crippen MR) is 74.5 cm³/mol. The van der Waals surface area contributed by atoms with Crippen molar-refractivity contribution in [2.24, 2.45) is 0 Å². The molecule has 0 spiro atoms. The third-order valence-electron chi connectivity index (χ3n) is 2.90. The van der Waals surface area contributed by atoms with Crippen LogP contribution < -0.4 is 4.72 Å². The molecule has 7 heteroatoms. The fourth-order valence-corrected chi connectivity index (χ4v) is 2.69. The fraction of sp³-hybridized carbons (Fsp3) is 0.308. The van der Waals surface area contributed by atoms with Crippen LogP contribution in [0.25, 0.3) is 0 Å². The van der Waals surface area contributed by atoms with Crippen molar-refractivity contribution in [1.82, 2.24) is 14.3 Å². The van der Waals surface area contributed by atoms with Crippen molar-refractivity contribution < 1.29 is 13.5 Å². The molecule has 0 saturated heterocycles. The molecule has 0 aliphatic carbocycles. The van der Waals surface area contributed by atoms with Crippen LogP contribution in [0.1, 0.15) is 18.6 Å². The first-order chi connectivity index (χ1) is 9.53. The van der Waals surface area contributed by atoms with E-state index in [9.17, 15) is 13.5 Å². The van der Waals surface area contributed by atoms with Crippen molar-refractivity contribution in [3.63, 3.8) is 0 Å². The molecule has 0 saturated carbocycles. The van der Waals surface area contributed by atoms with Crippen LogP contribution in [-0.2, 0) is 16.6 Å². The number of hydrogen-bond acceptors (Lipinski definition) is 4. The summed E-state index contributed by atoms with van der Waals surface area (Å²) in [5.74, 6) is 0. The molecular formula is C13H17N3O3S. The van der Waals surface area contributed by atoms with Gasteiger partial charge in [0.05, 0.1) is 12.4 Å². The molecule has 20 heavy (non-hydrogen) atoms. The summed E-state index contributed by atoms with van der Waals surface area (Å²) in [6.45, 7) is 2.45. The lowest BCUT2D eigenvalue weighted by molar-refractivity contribution is 0.182. The lowest BCUT2D eigenvalue weighted by atomic mass is 10.1. The second kappa shape index (κ2) is 6.17. The maximum atomic E-state index is 12.0. The predicted octanol–water partition coefficient (Wildman–Crippen LogP) is 0.915. The number of nitrogens with zero attached hydrogens (tertiary/aromatic N) is 2. The molecule has 0 aliphatic heterocycles. The number of nitrogens with one attached hydrogen (secondary N) is 1. The van der Waals surface area contributed by atoms with E-state index in [-0.39, 0.29) is 11.6 Å². The van der Waals surface area contributed by atoms with Gasteiger partial charge >= 0.3 is 0 Å². The third-order valence-corrected chi connectivity index (χ3v) is 4.21. The van der Waals surface area contributed by atoms with E-state index in [0.29, 0.717) is 12.1 Å². The highest BCUT2D eigenvalue weighted by molar-refractivity contribution is 7.89. The SMILES string of the molecule is CCn1cnc(S(=O)(=O)NCC(O)c2ccccc2)c1. The molecule has 1 aromatic carbocycles. The first-order valence-electron chi connectivity index (χ1n) is 6.27. The number of aliphatic hydroxyl groups is 1. The van der Waals surface area contributed by atoms with Gasteiger partial charge in [-0.05, 0) is 12.5 Å². The number of benzene rings is 1. The van der Waals surface area contributed by atoms with Crippen molar-refractivity contribution in [2.45, 2.75) is 24.6 Å². The summed E-state index contributed by atoms with van der Waals surface area (Å²) >= 11 is 0. The molecule has 0 amide bonds. The first kappa shape index (κ1) is 14.7. The minimum atomic E-state index is -3.69. The number of sulfonamides is 1. The van der Waals surface area contributed by atoms with E-state index in [0.717, 1.165) is 0 Å². The average molecular weight is 295 g/mol. The molecule has 2 aromatic rings. The van der Waals surface area contributed by atoms with E-state index in [1.807, 2.05) is 13.0 Å². The van der Waals surface area contributed by atoms with Crippen LogP contribution in [-0.4, -0.2) is 29.6 Å². The Bertz CT molecular complexity index is 653. The van der Waals surface area contributed by atoms with Crippen LogP contribution in [0.2, 0.25) is 0 Å². The molecule has 0 radical (unpaired) electrons. The van der Waals surface area contributed by atoms with Crippen LogP contribution in [0.3, 0.4) is 0 Å². The van der Waals surface area contributed by atoms with Crippen molar-refractivity contribution in [3.05, 3.63) is 48.4 Å². The lowest BCUT2D eigenvalue weighted by Gasteiger charge is -2.11. The lowest BCUT2D eigenvalue weighted by Crippen LogP contribution is -2.28. The Morgan fingerprint density at radius 3 is 2.65 bits per heavy atom. The van der Waals surface area contributed by atoms with E-state index in [4.69, 9.17) is 0 Å². The van der Waals surface area contributed by atoms with Gasteiger partial charge in [-0.2, -0.15) is 0 Å². The second-order valence-corrected chi connectivity index (χ2v) is 6.03. The molecule has 2 rings (SSSR count). The van der Waals surface area contributed by atoms with Crippen molar-refractivity contribution in [2.75, 3.05) is 6.54 Å². The molecule has 1 unspecified atom stereocenters. The molecule has 1 aromatic heterocycles. The van der Waals surface area contributed by atoms with Crippen LogP contribution in [0.4, 0.5) is 0 Å². The summed E-state index contributed by atoms with van der Waals surface area (Å²) in [4.78, 5) is 3.84. The monoisotopic (exact) mass is 295 g/mol. The summed E-state index contributed by atoms with van der Waals surface area (Å²) in [5.41, 5.74) is 0.661. The summed E-state index contributed by atoms with van der Waals surface area (Å²) in [6, 6.07) is 8.89. The van der Waals surface area contributed by atoms with Crippen LogP contribution in [0.5, 0.6) is 0 Å². The van der Waals surface area contributed by atoms with E-state index in [1.54, 1.807) is 28.8 Å².